The van der Waals surface area contributed by atoms with Gasteiger partial charge in [0.1, 0.15) is 11.9 Å². The monoisotopic (exact) mass is 634 g/mol. The second kappa shape index (κ2) is 12.2. The number of rotatable bonds is 9. The number of fused-ring (bicyclic) bond motifs is 3. The Bertz CT molecular complexity index is 1460. The SMILES string of the molecule is C=C[C@]1(C)C[C@@H](OC(=O)COc2ccc3c(c2F)B(O)N(S(C)(=O)=O)N=C3)[C@@]2(C)C[C@](CCC(C)=O)(CC[C@H]2C)[C@@H](C)[C@@H]1O. The van der Waals surface area contributed by atoms with E-state index in [-0.39, 0.29) is 39.8 Å². The molecule has 10 nitrogen and oxygen atoms in total. The van der Waals surface area contributed by atoms with Crippen molar-refractivity contribution in [2.75, 3.05) is 12.9 Å². The number of ether oxygens (including phenoxy) is 2. The number of aliphatic hydroxyl groups excluding tert-OH is 1. The van der Waals surface area contributed by atoms with Crippen LogP contribution >= 0.6 is 0 Å². The molecule has 1 heterocycles. The molecule has 0 aromatic heterocycles. The van der Waals surface area contributed by atoms with Gasteiger partial charge >= 0.3 is 13.0 Å². The van der Waals surface area contributed by atoms with Gasteiger partial charge in [-0.3, -0.25) is 0 Å². The van der Waals surface area contributed by atoms with E-state index >= 15 is 4.39 Å². The highest BCUT2D eigenvalue weighted by Gasteiger charge is 2.58. The summed E-state index contributed by atoms with van der Waals surface area (Å²) >= 11 is 0. The molecule has 0 amide bonds. The fourth-order valence-corrected chi connectivity index (χ4v) is 8.23. The number of carbonyl (C=O) groups is 2. The van der Waals surface area contributed by atoms with Crippen LogP contribution in [-0.2, 0) is 24.3 Å². The molecule has 0 saturated heterocycles. The van der Waals surface area contributed by atoms with Crippen LogP contribution in [0.2, 0.25) is 0 Å². The molecule has 2 bridgehead atoms. The van der Waals surface area contributed by atoms with Crippen LogP contribution in [0.5, 0.6) is 5.75 Å². The maximum atomic E-state index is 15.5. The Labute approximate surface area is 259 Å². The van der Waals surface area contributed by atoms with Gasteiger partial charge in [-0.1, -0.05) is 33.8 Å². The number of benzene rings is 1. The van der Waals surface area contributed by atoms with Crippen LogP contribution < -0.4 is 10.2 Å². The van der Waals surface area contributed by atoms with E-state index < -0.39 is 58.5 Å². The molecule has 1 aliphatic heterocycles. The topological polar surface area (TPSA) is 143 Å². The lowest BCUT2D eigenvalue weighted by Gasteiger charge is -2.60. The molecule has 2 fully saturated rings. The number of carbonyl (C=O) groups excluding carboxylic acids is 2. The molecule has 2 aliphatic carbocycles. The highest BCUT2D eigenvalue weighted by molar-refractivity contribution is 7.89. The normalized spacial score (nSPS) is 33.6. The standard InChI is InChI=1S/C31H44BFN2O8S/c1-8-29(5)15-24(30(6)18-31(13-11-19(30)2,14-12-20(3)36)21(4)28(29)38)43-25(37)17-42-23-10-9-22-16-34-35(44(7,40)41)32(39)26(22)27(23)33/h8-10,16,19,21,24,28,38-39H,1,11-15,17-18H2,2-7H3/t19-,21+,24-,28+,29-,30+,31-/m1/s1. The molecule has 13 heteroatoms. The predicted molar refractivity (Wildman–Crippen MR) is 165 cm³/mol. The summed E-state index contributed by atoms with van der Waals surface area (Å²) in [5.74, 6) is -1.98. The second-order valence-corrected chi connectivity index (χ2v) is 15.5. The molecule has 2 N–H and O–H groups in total. The number of sulfonamides is 1. The largest absolute Gasteiger partial charge is 0.487 e. The number of nitrogens with zero attached hydrogens (tertiary/aromatic N) is 2. The first-order valence-electron chi connectivity index (χ1n) is 15.1. The molecule has 44 heavy (non-hydrogen) atoms. The summed E-state index contributed by atoms with van der Waals surface area (Å²) in [6, 6.07) is 2.68. The number of halogens is 1. The molecule has 4 rings (SSSR count). The number of aliphatic hydroxyl groups is 1. The Morgan fingerprint density at radius 2 is 1.98 bits per heavy atom. The molecule has 0 unspecified atom stereocenters. The van der Waals surface area contributed by atoms with E-state index in [1.165, 1.54) is 12.1 Å². The Hall–Kier alpha value is -2.77. The van der Waals surface area contributed by atoms with E-state index in [0.717, 1.165) is 25.3 Å². The summed E-state index contributed by atoms with van der Waals surface area (Å²) in [4.78, 5) is 25.4. The van der Waals surface area contributed by atoms with Gasteiger partial charge < -0.3 is 24.4 Å². The fraction of sp³-hybridized carbons (Fsp3) is 0.645. The molecular weight excluding hydrogens is 590 g/mol. The summed E-state index contributed by atoms with van der Waals surface area (Å²) < 4.78 is 51.4. The Kier molecular flexibility index (Phi) is 9.46. The van der Waals surface area contributed by atoms with Crippen molar-refractivity contribution in [1.82, 2.24) is 4.33 Å². The minimum atomic E-state index is -3.98. The number of Topliss-reactive ketones (excluding diaryl/α,β-unsaturated/α-hetero) is 1. The molecule has 1 aromatic rings. The average molecular weight is 635 g/mol. The van der Waals surface area contributed by atoms with Crippen LogP contribution in [0.4, 0.5) is 4.39 Å². The Morgan fingerprint density at radius 1 is 1.30 bits per heavy atom. The third-order valence-electron chi connectivity index (χ3n) is 10.8. The van der Waals surface area contributed by atoms with Crippen molar-refractivity contribution in [3.8, 4) is 5.75 Å². The van der Waals surface area contributed by atoms with Gasteiger partial charge in [-0.2, -0.15) is 5.10 Å². The van der Waals surface area contributed by atoms with Gasteiger partial charge in [-0.25, -0.2) is 21.9 Å². The molecule has 242 valence electrons. The zero-order chi connectivity index (χ0) is 32.8. The molecule has 7 atom stereocenters. The smallest absolute Gasteiger partial charge is 0.479 e. The first-order valence-corrected chi connectivity index (χ1v) is 16.9. The fourth-order valence-electron chi connectivity index (χ4n) is 7.54. The van der Waals surface area contributed by atoms with Crippen LogP contribution in [0.1, 0.15) is 78.7 Å². The van der Waals surface area contributed by atoms with E-state index in [4.69, 9.17) is 9.47 Å². The van der Waals surface area contributed by atoms with Crippen molar-refractivity contribution < 1.29 is 42.0 Å². The van der Waals surface area contributed by atoms with Gasteiger partial charge in [0.2, 0.25) is 10.0 Å². The summed E-state index contributed by atoms with van der Waals surface area (Å²) in [5.41, 5.74) is -1.79. The van der Waals surface area contributed by atoms with Crippen molar-refractivity contribution in [2.45, 2.75) is 85.4 Å². The van der Waals surface area contributed by atoms with Crippen LogP contribution in [0.15, 0.2) is 29.9 Å². The van der Waals surface area contributed by atoms with Crippen molar-refractivity contribution in [3.05, 3.63) is 36.2 Å². The van der Waals surface area contributed by atoms with Crippen molar-refractivity contribution >= 4 is 40.5 Å². The Morgan fingerprint density at radius 3 is 2.59 bits per heavy atom. The summed E-state index contributed by atoms with van der Waals surface area (Å²) in [7, 11) is -5.89. The van der Waals surface area contributed by atoms with Crippen molar-refractivity contribution in [3.63, 3.8) is 0 Å². The van der Waals surface area contributed by atoms with Gasteiger partial charge in [-0.15, -0.1) is 6.58 Å². The van der Waals surface area contributed by atoms with Crippen LogP contribution in [0.25, 0.3) is 0 Å². The zero-order valence-corrected chi connectivity index (χ0v) is 27.2. The number of hydrogen-bond donors (Lipinski definition) is 2. The molecular formula is C31H44BFN2O8S. The minimum Gasteiger partial charge on any atom is -0.479 e. The lowest BCUT2D eigenvalue weighted by atomic mass is 9.47. The number of ketones is 1. The van der Waals surface area contributed by atoms with Crippen LogP contribution in [0.3, 0.4) is 0 Å². The molecule has 3 aliphatic rings. The van der Waals surface area contributed by atoms with E-state index in [1.54, 1.807) is 13.0 Å². The van der Waals surface area contributed by atoms with Gasteiger partial charge in [0.25, 0.3) is 0 Å². The highest BCUT2D eigenvalue weighted by atomic mass is 32.2. The van der Waals surface area contributed by atoms with Crippen molar-refractivity contribution in [2.24, 2.45) is 33.2 Å². The maximum absolute atomic E-state index is 15.5. The first kappa shape index (κ1) is 34.1. The van der Waals surface area contributed by atoms with Gasteiger partial charge in [-0.05, 0) is 74.0 Å². The van der Waals surface area contributed by atoms with Gasteiger partial charge in [0.05, 0.1) is 18.6 Å². The highest BCUT2D eigenvalue weighted by Crippen LogP contribution is 2.62. The second-order valence-electron chi connectivity index (χ2n) is 13.6. The lowest BCUT2D eigenvalue weighted by molar-refractivity contribution is -0.190. The maximum Gasteiger partial charge on any atom is 0.487 e. The molecule has 1 aromatic carbocycles. The van der Waals surface area contributed by atoms with E-state index in [1.807, 2.05) is 13.8 Å². The van der Waals surface area contributed by atoms with Gasteiger partial charge in [0, 0.05) is 22.7 Å². The third kappa shape index (κ3) is 6.19. The van der Waals surface area contributed by atoms with Crippen LogP contribution in [-0.4, -0.2) is 73.0 Å². The third-order valence-corrected chi connectivity index (χ3v) is 11.7. The molecule has 2 saturated carbocycles. The van der Waals surface area contributed by atoms with E-state index in [2.05, 4.69) is 25.5 Å². The summed E-state index contributed by atoms with van der Waals surface area (Å²) in [6.07, 6.45) is 5.95. The van der Waals surface area contributed by atoms with Crippen LogP contribution in [0, 0.1) is 33.9 Å². The van der Waals surface area contributed by atoms with E-state index in [0.29, 0.717) is 30.0 Å². The van der Waals surface area contributed by atoms with E-state index in [9.17, 15) is 28.1 Å². The molecule has 0 radical (unpaired) electrons. The van der Waals surface area contributed by atoms with Crippen molar-refractivity contribution in [1.29, 1.82) is 0 Å². The number of hydrogen-bond acceptors (Lipinski definition) is 9. The zero-order valence-electron chi connectivity index (χ0n) is 26.4. The first-order chi connectivity index (χ1) is 20.4. The number of esters is 1. The predicted octanol–water partition coefficient (Wildman–Crippen LogP) is 3.19. The summed E-state index contributed by atoms with van der Waals surface area (Å²) in [6.45, 7) is 13.1. The average Bonchev–Trinajstić information content (AvgIpc) is 2.95. The Balaban J connectivity index is 1.59. The van der Waals surface area contributed by atoms with Gasteiger partial charge in [0.15, 0.2) is 18.2 Å². The lowest BCUT2D eigenvalue weighted by Crippen LogP contribution is -2.58. The number of hydrazone groups is 1. The minimum absolute atomic E-state index is 0.0910. The molecule has 0 spiro atoms. The quantitative estimate of drug-likeness (QED) is 0.240. The summed E-state index contributed by atoms with van der Waals surface area (Å²) in [5, 5.41) is 25.9.